The fourth-order valence-corrected chi connectivity index (χ4v) is 1.88. The van der Waals surface area contributed by atoms with Gasteiger partial charge in [0.2, 0.25) is 11.1 Å². The lowest BCUT2D eigenvalue weighted by Crippen LogP contribution is -2.16. The molecule has 0 unspecified atom stereocenters. The molecule has 1 heterocycles. The van der Waals surface area contributed by atoms with Crippen molar-refractivity contribution in [1.29, 1.82) is 5.26 Å². The summed E-state index contributed by atoms with van der Waals surface area (Å²) in [5.74, 6) is -1.11. The van der Waals surface area contributed by atoms with Crippen LogP contribution in [0, 0.1) is 17.1 Å². The number of rotatable bonds is 7. The first-order chi connectivity index (χ1) is 12.5. The highest BCUT2D eigenvalue weighted by atomic mass is 35.5. The number of aromatic nitrogens is 2. The molecule has 0 aliphatic rings. The highest BCUT2D eigenvalue weighted by molar-refractivity contribution is 6.28. The molecule has 0 aliphatic carbocycles. The van der Waals surface area contributed by atoms with Crippen LogP contribution in [0.2, 0.25) is 5.28 Å². The Morgan fingerprint density at radius 2 is 2.31 bits per heavy atom. The zero-order valence-electron chi connectivity index (χ0n) is 13.6. The summed E-state index contributed by atoms with van der Waals surface area (Å²) in [4.78, 5) is 18.4. The predicted molar refractivity (Wildman–Crippen MR) is 90.7 cm³/mol. The van der Waals surface area contributed by atoms with Crippen LogP contribution >= 0.6 is 11.6 Å². The molecule has 1 amide bonds. The summed E-state index contributed by atoms with van der Waals surface area (Å²) in [5.41, 5.74) is 2.79. The lowest BCUT2D eigenvalue weighted by atomic mass is 10.2. The lowest BCUT2D eigenvalue weighted by Gasteiger charge is -2.12. The molecule has 2 aromatic rings. The molecule has 0 spiro atoms. The minimum Gasteiger partial charge on any atom is -0.490 e. The highest BCUT2D eigenvalue weighted by Gasteiger charge is 2.13. The second-order valence-electron chi connectivity index (χ2n) is 4.66. The third-order valence-electron chi connectivity index (χ3n) is 2.80. The average molecular weight is 378 g/mol. The molecule has 0 saturated carbocycles. The minimum atomic E-state index is -0.775. The van der Waals surface area contributed by atoms with Crippen molar-refractivity contribution in [2.24, 2.45) is 5.10 Å². The molecule has 134 valence electrons. The van der Waals surface area contributed by atoms with Crippen molar-refractivity contribution in [1.82, 2.24) is 15.4 Å². The first kappa shape index (κ1) is 19.1. The molecule has 0 aliphatic heterocycles. The van der Waals surface area contributed by atoms with Gasteiger partial charge in [-0.2, -0.15) is 19.7 Å². The van der Waals surface area contributed by atoms with E-state index in [4.69, 9.17) is 26.3 Å². The van der Waals surface area contributed by atoms with Gasteiger partial charge in [0.1, 0.15) is 6.42 Å². The van der Waals surface area contributed by atoms with E-state index in [1.54, 1.807) is 25.1 Å². The zero-order valence-corrected chi connectivity index (χ0v) is 14.3. The molecule has 26 heavy (non-hydrogen) atoms. The van der Waals surface area contributed by atoms with E-state index in [0.717, 1.165) is 6.20 Å². The van der Waals surface area contributed by atoms with Gasteiger partial charge in [0.05, 0.1) is 25.1 Å². The van der Waals surface area contributed by atoms with Gasteiger partial charge in [0.15, 0.2) is 11.5 Å². The Morgan fingerprint density at radius 1 is 1.50 bits per heavy atom. The van der Waals surface area contributed by atoms with Gasteiger partial charge < -0.3 is 9.47 Å². The van der Waals surface area contributed by atoms with Gasteiger partial charge in [0, 0.05) is 0 Å². The standard InChI is InChI=1S/C16H13ClFN5O3/c1-2-25-13-7-10(8-21-23-14(24)5-6-19)3-4-12(13)26-15-11(18)9-20-16(17)22-15/h3-4,7-9H,2,5H2,1H3,(H,23,24)/b21-8+. The van der Waals surface area contributed by atoms with Crippen molar-refractivity contribution in [3.05, 3.63) is 41.1 Å². The summed E-state index contributed by atoms with van der Waals surface area (Å²) in [6.45, 7) is 2.11. The average Bonchev–Trinajstić information content (AvgIpc) is 2.60. The molecule has 10 heteroatoms. The molecule has 0 bridgehead atoms. The molecule has 0 atom stereocenters. The number of amides is 1. The SMILES string of the molecule is CCOc1cc(/C=N/NC(=O)CC#N)ccc1Oc1nc(Cl)ncc1F. The van der Waals surface area contributed by atoms with E-state index in [1.807, 2.05) is 0 Å². The number of hydrazone groups is 1. The van der Waals surface area contributed by atoms with Gasteiger partial charge in [-0.3, -0.25) is 4.79 Å². The molecule has 0 saturated heterocycles. The van der Waals surface area contributed by atoms with Crippen molar-refractivity contribution >= 4 is 23.7 Å². The number of carbonyl (C=O) groups is 1. The molecule has 1 aromatic carbocycles. The quantitative estimate of drug-likeness (QED) is 0.451. The van der Waals surface area contributed by atoms with Gasteiger partial charge in [-0.05, 0) is 42.3 Å². The first-order valence-electron chi connectivity index (χ1n) is 7.35. The van der Waals surface area contributed by atoms with E-state index in [9.17, 15) is 9.18 Å². The number of benzene rings is 1. The van der Waals surface area contributed by atoms with Crippen LogP contribution in [-0.4, -0.2) is 28.7 Å². The number of nitrogens with one attached hydrogen (secondary N) is 1. The fraction of sp³-hybridized carbons (Fsp3) is 0.188. The Bertz CT molecular complexity index is 869. The monoisotopic (exact) mass is 377 g/mol. The van der Waals surface area contributed by atoms with Gasteiger partial charge in [-0.15, -0.1) is 0 Å². The summed E-state index contributed by atoms with van der Waals surface area (Å²) in [5, 5.41) is 12.0. The van der Waals surface area contributed by atoms with Crippen molar-refractivity contribution < 1.29 is 18.7 Å². The summed E-state index contributed by atoms with van der Waals surface area (Å²) in [6, 6.07) is 6.43. The maximum absolute atomic E-state index is 13.7. The molecular formula is C16H13ClFN5O3. The molecule has 0 radical (unpaired) electrons. The largest absolute Gasteiger partial charge is 0.490 e. The summed E-state index contributed by atoms with van der Waals surface area (Å²) >= 11 is 5.64. The zero-order chi connectivity index (χ0) is 18.9. The van der Waals surface area contributed by atoms with Crippen LogP contribution in [-0.2, 0) is 4.79 Å². The Hall–Kier alpha value is -3.25. The van der Waals surface area contributed by atoms with Crippen LogP contribution < -0.4 is 14.9 Å². The van der Waals surface area contributed by atoms with Crippen LogP contribution in [0.25, 0.3) is 0 Å². The summed E-state index contributed by atoms with van der Waals surface area (Å²) in [7, 11) is 0. The highest BCUT2D eigenvalue weighted by Crippen LogP contribution is 2.32. The fourth-order valence-electron chi connectivity index (χ4n) is 1.75. The number of ether oxygens (including phenoxy) is 2. The normalized spacial score (nSPS) is 10.4. The van der Waals surface area contributed by atoms with E-state index in [0.29, 0.717) is 17.9 Å². The number of halogens is 2. The Kier molecular flexibility index (Phi) is 6.82. The second kappa shape index (κ2) is 9.29. The van der Waals surface area contributed by atoms with Crippen LogP contribution in [0.1, 0.15) is 18.9 Å². The van der Waals surface area contributed by atoms with E-state index in [-0.39, 0.29) is 23.3 Å². The van der Waals surface area contributed by atoms with Crippen LogP contribution in [0.4, 0.5) is 4.39 Å². The molecule has 0 fully saturated rings. The van der Waals surface area contributed by atoms with Crippen LogP contribution in [0.15, 0.2) is 29.5 Å². The molecule has 8 nitrogen and oxygen atoms in total. The topological polar surface area (TPSA) is 109 Å². The third-order valence-corrected chi connectivity index (χ3v) is 2.98. The maximum atomic E-state index is 13.7. The maximum Gasteiger partial charge on any atom is 0.260 e. The van der Waals surface area contributed by atoms with E-state index >= 15 is 0 Å². The molecule has 1 N–H and O–H groups in total. The van der Waals surface area contributed by atoms with E-state index in [2.05, 4.69) is 20.5 Å². The number of nitrogens with zero attached hydrogens (tertiary/aromatic N) is 4. The molecular weight excluding hydrogens is 365 g/mol. The number of carbonyl (C=O) groups excluding carboxylic acids is 1. The van der Waals surface area contributed by atoms with E-state index < -0.39 is 11.7 Å². The minimum absolute atomic E-state index is 0.156. The van der Waals surface area contributed by atoms with Crippen molar-refractivity contribution in [3.63, 3.8) is 0 Å². The first-order valence-corrected chi connectivity index (χ1v) is 7.73. The summed E-state index contributed by atoms with van der Waals surface area (Å²) in [6.07, 6.45) is 1.97. The third kappa shape index (κ3) is 5.39. The van der Waals surface area contributed by atoms with Gasteiger partial charge in [-0.1, -0.05) is 0 Å². The van der Waals surface area contributed by atoms with Crippen molar-refractivity contribution in [2.45, 2.75) is 13.3 Å². The van der Waals surface area contributed by atoms with E-state index in [1.165, 1.54) is 12.3 Å². The van der Waals surface area contributed by atoms with Gasteiger partial charge in [-0.25, -0.2) is 10.4 Å². The second-order valence-corrected chi connectivity index (χ2v) is 5.00. The number of hydrogen-bond acceptors (Lipinski definition) is 7. The van der Waals surface area contributed by atoms with Gasteiger partial charge >= 0.3 is 0 Å². The molecule has 1 aromatic heterocycles. The number of nitriles is 1. The predicted octanol–water partition coefficient (Wildman–Crippen LogP) is 2.82. The lowest BCUT2D eigenvalue weighted by molar-refractivity contribution is -0.120. The number of hydrogen-bond donors (Lipinski definition) is 1. The van der Waals surface area contributed by atoms with Crippen LogP contribution in [0.3, 0.4) is 0 Å². The molecule has 2 rings (SSSR count). The Labute approximate surface area is 153 Å². The van der Waals surface area contributed by atoms with Crippen molar-refractivity contribution in [2.75, 3.05) is 6.61 Å². The van der Waals surface area contributed by atoms with Crippen molar-refractivity contribution in [3.8, 4) is 23.4 Å². The Morgan fingerprint density at radius 3 is 3.04 bits per heavy atom. The van der Waals surface area contributed by atoms with Crippen LogP contribution in [0.5, 0.6) is 17.4 Å². The Balaban J connectivity index is 2.20. The smallest absolute Gasteiger partial charge is 0.260 e. The van der Waals surface area contributed by atoms with Gasteiger partial charge in [0.25, 0.3) is 11.8 Å². The summed E-state index contributed by atoms with van der Waals surface area (Å²) < 4.78 is 24.6.